The normalized spacial score (nSPS) is 19.3. The van der Waals surface area contributed by atoms with Crippen molar-refractivity contribution in [2.45, 2.75) is 6.92 Å². The van der Waals surface area contributed by atoms with Crippen molar-refractivity contribution in [2.24, 2.45) is 11.5 Å². The van der Waals surface area contributed by atoms with Crippen LogP contribution in [-0.4, -0.2) is 6.54 Å². The quantitative estimate of drug-likeness (QED) is 0.627. The van der Waals surface area contributed by atoms with Crippen LogP contribution < -0.4 is 22.1 Å². The van der Waals surface area contributed by atoms with E-state index in [9.17, 15) is 0 Å². The van der Waals surface area contributed by atoms with Crippen molar-refractivity contribution < 1.29 is 0 Å². The second kappa shape index (κ2) is 7.66. The molecule has 0 atom stereocenters. The van der Waals surface area contributed by atoms with Crippen LogP contribution in [0.4, 0.5) is 0 Å². The summed E-state index contributed by atoms with van der Waals surface area (Å²) in [5.41, 5.74) is 20.1. The first-order valence-electron chi connectivity index (χ1n) is 8.60. The maximum atomic E-state index is 6.59. The number of benzene rings is 2. The topological polar surface area (TPSA) is 76.1 Å². The van der Waals surface area contributed by atoms with Crippen LogP contribution in [0.25, 0.3) is 22.8 Å². The van der Waals surface area contributed by atoms with Gasteiger partial charge in [0.15, 0.2) is 0 Å². The lowest BCUT2D eigenvalue weighted by molar-refractivity contribution is 1.01. The summed E-state index contributed by atoms with van der Waals surface area (Å²) in [5.74, 6) is 0. The minimum absolute atomic E-state index is 0.614. The van der Waals surface area contributed by atoms with Gasteiger partial charge in [0.25, 0.3) is 0 Å². The van der Waals surface area contributed by atoms with Gasteiger partial charge in [-0.25, -0.2) is 0 Å². The zero-order valence-corrected chi connectivity index (χ0v) is 14.9. The van der Waals surface area contributed by atoms with Gasteiger partial charge in [-0.15, -0.1) is 6.58 Å². The van der Waals surface area contributed by atoms with E-state index in [-0.39, 0.29) is 0 Å². The lowest BCUT2D eigenvalue weighted by Gasteiger charge is -2.25. The van der Waals surface area contributed by atoms with E-state index in [0.717, 1.165) is 33.6 Å². The first kappa shape index (κ1) is 17.4. The Hall–Kier alpha value is -3.40. The number of hydrogen-bond donors (Lipinski definition) is 4. The summed E-state index contributed by atoms with van der Waals surface area (Å²) in [6.07, 6.45) is 5.64. The minimum Gasteiger partial charge on any atom is -0.397 e. The zero-order chi connectivity index (χ0) is 18.5. The predicted molar refractivity (Wildman–Crippen MR) is 111 cm³/mol. The van der Waals surface area contributed by atoms with E-state index in [0.29, 0.717) is 17.9 Å². The van der Waals surface area contributed by atoms with Gasteiger partial charge in [0.2, 0.25) is 0 Å². The molecular weight excluding hydrogens is 320 g/mol. The zero-order valence-electron chi connectivity index (χ0n) is 14.9. The molecule has 3 rings (SSSR count). The Bertz CT molecular complexity index is 919. The van der Waals surface area contributed by atoms with Crippen LogP contribution in [0.5, 0.6) is 0 Å². The molecule has 4 nitrogen and oxygen atoms in total. The Morgan fingerprint density at radius 3 is 1.88 bits per heavy atom. The fraction of sp³-hybridized carbons (Fsp3) is 0.0909. The Balaban J connectivity index is 2.36. The van der Waals surface area contributed by atoms with Crippen molar-refractivity contribution >= 4 is 22.8 Å². The Labute approximate surface area is 154 Å². The summed E-state index contributed by atoms with van der Waals surface area (Å²) in [7, 11) is 0. The van der Waals surface area contributed by atoms with Gasteiger partial charge in [-0.3, -0.25) is 0 Å². The summed E-state index contributed by atoms with van der Waals surface area (Å²) in [4.78, 5) is 0. The van der Waals surface area contributed by atoms with Crippen LogP contribution in [0.15, 0.2) is 73.5 Å². The average Bonchev–Trinajstić information content (AvgIpc) is 2.68. The molecule has 132 valence electrons. The van der Waals surface area contributed by atoms with E-state index < -0.39 is 0 Å². The van der Waals surface area contributed by atoms with E-state index in [1.54, 1.807) is 0 Å². The monoisotopic (exact) mass is 344 g/mol. The molecule has 1 aliphatic rings. The molecule has 2 aromatic carbocycles. The van der Waals surface area contributed by atoms with Crippen LogP contribution in [0.1, 0.15) is 29.2 Å². The maximum absolute atomic E-state index is 6.59. The van der Waals surface area contributed by atoms with Crippen molar-refractivity contribution in [1.82, 2.24) is 10.6 Å². The van der Waals surface area contributed by atoms with Crippen LogP contribution in [0.2, 0.25) is 0 Å². The molecule has 0 aliphatic heterocycles. The molecule has 26 heavy (non-hydrogen) atoms. The van der Waals surface area contributed by atoms with E-state index in [4.69, 9.17) is 11.5 Å². The lowest BCUT2D eigenvalue weighted by Crippen LogP contribution is -2.23. The lowest BCUT2D eigenvalue weighted by atomic mass is 9.90. The molecule has 0 amide bonds. The third-order valence-electron chi connectivity index (χ3n) is 4.33. The largest absolute Gasteiger partial charge is 0.397 e. The molecule has 0 spiro atoms. The molecule has 0 fully saturated rings. The number of allylic oxidation sites excluding steroid dienone is 1. The molecule has 0 bridgehead atoms. The second-order valence-electron chi connectivity index (χ2n) is 5.98. The third-order valence-corrected chi connectivity index (χ3v) is 4.33. The maximum Gasteiger partial charge on any atom is 0.0700 e. The fourth-order valence-electron chi connectivity index (χ4n) is 3.12. The number of rotatable bonds is 5. The average molecular weight is 344 g/mol. The molecule has 6 N–H and O–H groups in total. The highest BCUT2D eigenvalue weighted by atomic mass is 14.9. The van der Waals surface area contributed by atoms with Crippen LogP contribution in [0.3, 0.4) is 0 Å². The van der Waals surface area contributed by atoms with Crippen LogP contribution >= 0.6 is 0 Å². The molecule has 0 saturated heterocycles. The molecule has 0 saturated carbocycles. The van der Waals surface area contributed by atoms with E-state index in [1.807, 2.05) is 73.8 Å². The first-order valence-corrected chi connectivity index (χ1v) is 8.60. The van der Waals surface area contributed by atoms with E-state index in [2.05, 4.69) is 17.2 Å². The molecule has 0 radical (unpaired) electrons. The molecule has 2 aromatic rings. The van der Waals surface area contributed by atoms with Gasteiger partial charge < -0.3 is 22.1 Å². The molecule has 0 heterocycles. The van der Waals surface area contributed by atoms with Crippen molar-refractivity contribution in [2.75, 3.05) is 6.54 Å². The van der Waals surface area contributed by atoms with Crippen molar-refractivity contribution in [3.8, 4) is 0 Å². The number of nitrogens with two attached hydrogens (primary N) is 2. The third kappa shape index (κ3) is 3.09. The Morgan fingerprint density at radius 1 is 0.846 bits per heavy atom. The molecule has 4 heteroatoms. The predicted octanol–water partition coefficient (Wildman–Crippen LogP) is 3.47. The van der Waals surface area contributed by atoms with Gasteiger partial charge in [0, 0.05) is 28.8 Å². The van der Waals surface area contributed by atoms with Crippen molar-refractivity contribution in [1.29, 1.82) is 0 Å². The summed E-state index contributed by atoms with van der Waals surface area (Å²) in [6.45, 7) is 6.38. The molecule has 0 aromatic heterocycles. The molecule has 0 unspecified atom stereocenters. The summed E-state index contributed by atoms with van der Waals surface area (Å²) < 4.78 is 0. The SMILES string of the molecule is C=CCN/C1=C(\N)c2ccccc2/C(N)=C(/N/C=C/C)c2ccccc21. The van der Waals surface area contributed by atoms with Crippen LogP contribution in [0, 0.1) is 0 Å². The van der Waals surface area contributed by atoms with Gasteiger partial charge in [-0.1, -0.05) is 60.7 Å². The van der Waals surface area contributed by atoms with Crippen LogP contribution in [-0.2, 0) is 0 Å². The van der Waals surface area contributed by atoms with E-state index in [1.165, 1.54) is 0 Å². The van der Waals surface area contributed by atoms with Gasteiger partial charge in [0.05, 0.1) is 22.8 Å². The standard InChI is InChI=1S/C22H24N4/c1-3-13-25-21-17-11-7-8-12-18(17)22(26-14-4-2)20(24)16-10-6-5-9-15(16)19(21)23/h3-12,14,25-26H,1,13,23-24H2,2H3/b14-4+,19-15?,20-16?,21-17?,21-19-,22-18?,22-20-. The highest BCUT2D eigenvalue weighted by Crippen LogP contribution is 2.35. The molecule has 1 aliphatic carbocycles. The molecular formula is C22H24N4. The first-order chi connectivity index (χ1) is 12.7. The summed E-state index contributed by atoms with van der Waals surface area (Å²) in [6, 6.07) is 16.0. The van der Waals surface area contributed by atoms with Gasteiger partial charge in [-0.2, -0.15) is 0 Å². The smallest absolute Gasteiger partial charge is 0.0700 e. The fourth-order valence-corrected chi connectivity index (χ4v) is 3.12. The number of nitrogens with one attached hydrogen (secondary N) is 2. The van der Waals surface area contributed by atoms with Crippen molar-refractivity contribution in [3.05, 3.63) is 95.7 Å². The Kier molecular flexibility index (Phi) is 5.13. The summed E-state index contributed by atoms with van der Waals surface area (Å²) in [5, 5.41) is 6.74. The minimum atomic E-state index is 0.614. The van der Waals surface area contributed by atoms with Gasteiger partial charge in [0.1, 0.15) is 0 Å². The second-order valence-corrected chi connectivity index (χ2v) is 5.98. The Morgan fingerprint density at radius 2 is 1.35 bits per heavy atom. The number of fused-ring (bicyclic) bond motifs is 2. The number of hydrogen-bond acceptors (Lipinski definition) is 4. The van der Waals surface area contributed by atoms with E-state index >= 15 is 0 Å². The summed E-state index contributed by atoms with van der Waals surface area (Å²) >= 11 is 0. The van der Waals surface area contributed by atoms with Gasteiger partial charge in [-0.05, 0) is 13.1 Å². The van der Waals surface area contributed by atoms with Gasteiger partial charge >= 0.3 is 0 Å². The highest BCUT2D eigenvalue weighted by molar-refractivity contribution is 6.02. The van der Waals surface area contributed by atoms with Crippen molar-refractivity contribution in [3.63, 3.8) is 0 Å². The highest BCUT2D eigenvalue weighted by Gasteiger charge is 2.22.